The molecule has 1 atom stereocenters. The number of carbonyl (C=O) groups excluding carboxylic acids is 2. The Morgan fingerprint density at radius 2 is 1.84 bits per heavy atom. The Kier molecular flexibility index (Phi) is 4.41. The molecule has 0 aliphatic carbocycles. The second-order valence-corrected chi connectivity index (χ2v) is 9.26. The monoisotopic (exact) mass is 472 g/mol. The summed E-state index contributed by atoms with van der Waals surface area (Å²) in [5.74, 6) is -1.87. The van der Waals surface area contributed by atoms with Gasteiger partial charge in [0.05, 0.1) is 27.7 Å². The average molecular weight is 473 g/mol. The fourth-order valence-electron chi connectivity index (χ4n) is 4.52. The molecule has 0 saturated heterocycles. The van der Waals surface area contributed by atoms with Crippen LogP contribution in [0.15, 0.2) is 42.5 Å². The SMILES string of the molecule is CN1C(=O)[C@]2(CC(=O)Nc3c2sc(C(=O)O)c3-c2ccccc2Cl)c2cccc(Cl)c21. The van der Waals surface area contributed by atoms with E-state index in [1.54, 1.807) is 49.5 Å². The maximum absolute atomic E-state index is 13.6. The number of aromatic carboxylic acids is 1. The van der Waals surface area contributed by atoms with Crippen LogP contribution in [0.25, 0.3) is 11.1 Å². The molecule has 0 bridgehead atoms. The number of thiophene rings is 1. The molecule has 9 heteroatoms. The molecule has 1 spiro atoms. The van der Waals surface area contributed by atoms with Crippen molar-refractivity contribution in [2.45, 2.75) is 11.8 Å². The first-order chi connectivity index (χ1) is 14.8. The van der Waals surface area contributed by atoms with Crippen LogP contribution in [0.2, 0.25) is 10.0 Å². The first-order valence-corrected chi connectivity index (χ1v) is 10.9. The van der Waals surface area contributed by atoms with E-state index in [4.69, 9.17) is 23.2 Å². The molecule has 2 aromatic carbocycles. The van der Waals surface area contributed by atoms with Gasteiger partial charge in [-0.2, -0.15) is 0 Å². The third kappa shape index (κ3) is 2.60. The van der Waals surface area contributed by atoms with Gasteiger partial charge in [-0.3, -0.25) is 9.59 Å². The van der Waals surface area contributed by atoms with Gasteiger partial charge in [-0.15, -0.1) is 11.3 Å². The lowest BCUT2D eigenvalue weighted by atomic mass is 9.74. The summed E-state index contributed by atoms with van der Waals surface area (Å²) in [5, 5.41) is 13.5. The normalized spacial score (nSPS) is 19.4. The smallest absolute Gasteiger partial charge is 0.346 e. The molecule has 0 fully saturated rings. The minimum Gasteiger partial charge on any atom is -0.477 e. The van der Waals surface area contributed by atoms with Gasteiger partial charge in [0.25, 0.3) is 0 Å². The first kappa shape index (κ1) is 20.1. The molecule has 2 amide bonds. The van der Waals surface area contributed by atoms with E-state index in [0.717, 1.165) is 11.3 Å². The second-order valence-electron chi connectivity index (χ2n) is 7.43. The Morgan fingerprint density at radius 1 is 1.13 bits per heavy atom. The molecule has 3 heterocycles. The van der Waals surface area contributed by atoms with Crippen molar-refractivity contribution in [3.63, 3.8) is 0 Å². The highest BCUT2D eigenvalue weighted by molar-refractivity contribution is 7.15. The van der Waals surface area contributed by atoms with Crippen molar-refractivity contribution in [1.82, 2.24) is 0 Å². The zero-order chi connectivity index (χ0) is 22.1. The summed E-state index contributed by atoms with van der Waals surface area (Å²) >= 11 is 13.8. The number of carboxylic acids is 1. The van der Waals surface area contributed by atoms with Gasteiger partial charge in [-0.25, -0.2) is 4.79 Å². The van der Waals surface area contributed by atoms with Crippen molar-refractivity contribution < 1.29 is 19.5 Å². The molecule has 31 heavy (non-hydrogen) atoms. The summed E-state index contributed by atoms with van der Waals surface area (Å²) < 4.78 is 0. The summed E-state index contributed by atoms with van der Waals surface area (Å²) in [7, 11) is 1.61. The van der Waals surface area contributed by atoms with Crippen LogP contribution < -0.4 is 10.2 Å². The molecular formula is C22H14Cl2N2O4S. The maximum atomic E-state index is 13.6. The van der Waals surface area contributed by atoms with E-state index < -0.39 is 11.4 Å². The van der Waals surface area contributed by atoms with E-state index in [9.17, 15) is 19.5 Å². The topological polar surface area (TPSA) is 86.7 Å². The molecule has 1 aromatic heterocycles. The molecule has 2 aliphatic heterocycles. The van der Waals surface area contributed by atoms with Crippen molar-refractivity contribution in [3.8, 4) is 11.1 Å². The number of hydrogen-bond donors (Lipinski definition) is 2. The van der Waals surface area contributed by atoms with Gasteiger partial charge in [0.1, 0.15) is 10.3 Å². The Bertz CT molecular complexity index is 1320. The molecule has 156 valence electrons. The summed E-state index contributed by atoms with van der Waals surface area (Å²) in [5.41, 5.74) is 0.854. The highest BCUT2D eigenvalue weighted by atomic mass is 35.5. The molecule has 5 rings (SSSR count). The molecule has 2 aliphatic rings. The van der Waals surface area contributed by atoms with Gasteiger partial charge < -0.3 is 15.3 Å². The minimum atomic E-state index is -1.35. The first-order valence-electron chi connectivity index (χ1n) is 9.30. The quantitative estimate of drug-likeness (QED) is 0.547. The van der Waals surface area contributed by atoms with Crippen LogP contribution >= 0.6 is 34.5 Å². The maximum Gasteiger partial charge on any atom is 0.346 e. The Labute approximate surface area is 191 Å². The van der Waals surface area contributed by atoms with E-state index in [-0.39, 0.29) is 23.1 Å². The van der Waals surface area contributed by atoms with Gasteiger partial charge in [0, 0.05) is 23.2 Å². The summed E-state index contributed by atoms with van der Waals surface area (Å²) in [6.07, 6.45) is -0.141. The molecule has 2 N–H and O–H groups in total. The van der Waals surface area contributed by atoms with Gasteiger partial charge >= 0.3 is 5.97 Å². The lowest BCUT2D eigenvalue weighted by Crippen LogP contribution is -2.45. The third-order valence-electron chi connectivity index (χ3n) is 5.78. The van der Waals surface area contributed by atoms with E-state index in [1.165, 1.54) is 4.90 Å². The van der Waals surface area contributed by atoms with Crippen LogP contribution in [0.5, 0.6) is 0 Å². The third-order valence-corrected chi connectivity index (χ3v) is 7.75. The molecule has 6 nitrogen and oxygen atoms in total. The number of para-hydroxylation sites is 1. The molecule has 0 saturated carbocycles. The van der Waals surface area contributed by atoms with Crippen LogP contribution in [-0.2, 0) is 15.0 Å². The number of hydrogen-bond acceptors (Lipinski definition) is 4. The van der Waals surface area contributed by atoms with E-state index >= 15 is 0 Å². The largest absolute Gasteiger partial charge is 0.477 e. The van der Waals surface area contributed by atoms with Crippen molar-refractivity contribution in [2.24, 2.45) is 0 Å². The van der Waals surface area contributed by atoms with E-state index in [1.807, 2.05) is 0 Å². The van der Waals surface area contributed by atoms with Crippen LogP contribution in [0.3, 0.4) is 0 Å². The number of benzene rings is 2. The van der Waals surface area contributed by atoms with Crippen molar-refractivity contribution in [1.29, 1.82) is 0 Å². The van der Waals surface area contributed by atoms with Crippen molar-refractivity contribution >= 4 is 63.7 Å². The number of halogens is 2. The lowest BCUT2D eigenvalue weighted by molar-refractivity contribution is -0.126. The molecule has 0 radical (unpaired) electrons. The number of carbonyl (C=O) groups is 3. The van der Waals surface area contributed by atoms with Gasteiger partial charge in [-0.1, -0.05) is 53.5 Å². The summed E-state index contributed by atoms with van der Waals surface area (Å²) in [6, 6.07) is 12.0. The number of rotatable bonds is 2. The Morgan fingerprint density at radius 3 is 2.55 bits per heavy atom. The average Bonchev–Trinajstić information content (AvgIpc) is 3.20. The number of fused-ring (bicyclic) bond motifs is 4. The lowest BCUT2D eigenvalue weighted by Gasteiger charge is -2.32. The summed E-state index contributed by atoms with van der Waals surface area (Å²) in [6.45, 7) is 0. The molecule has 3 aromatic rings. The summed E-state index contributed by atoms with van der Waals surface area (Å²) in [4.78, 5) is 40.6. The predicted molar refractivity (Wildman–Crippen MR) is 121 cm³/mol. The van der Waals surface area contributed by atoms with Crippen molar-refractivity contribution in [2.75, 3.05) is 17.3 Å². The fourth-order valence-corrected chi connectivity index (χ4v) is 6.36. The standard InChI is InChI=1S/C22H14Cl2N2O4S/c1-26-17-11(6-4-8-13(17)24)22(21(26)30)9-14(27)25-16-15(10-5-2-3-7-12(10)23)18(20(28)29)31-19(16)22/h2-8H,9H2,1H3,(H,25,27)(H,28,29)/t22-/m1/s1. The number of anilines is 2. The number of amides is 2. The molecular weight excluding hydrogens is 459 g/mol. The zero-order valence-corrected chi connectivity index (χ0v) is 18.4. The second kappa shape index (κ2) is 6.82. The van der Waals surface area contributed by atoms with Gasteiger partial charge in [-0.05, 0) is 17.7 Å². The number of nitrogens with zero attached hydrogens (tertiary/aromatic N) is 1. The Balaban J connectivity index is 1.89. The highest BCUT2D eigenvalue weighted by Gasteiger charge is 2.57. The van der Waals surface area contributed by atoms with E-state index in [2.05, 4.69) is 5.32 Å². The predicted octanol–water partition coefficient (Wildman–Crippen LogP) is 5.02. The van der Waals surface area contributed by atoms with Crippen LogP contribution in [0, 0.1) is 0 Å². The zero-order valence-electron chi connectivity index (χ0n) is 16.0. The fraction of sp³-hybridized carbons (Fsp3) is 0.136. The minimum absolute atomic E-state index is 0.00519. The van der Waals surface area contributed by atoms with E-state index in [0.29, 0.717) is 43.0 Å². The highest BCUT2D eigenvalue weighted by Crippen LogP contribution is 2.58. The van der Waals surface area contributed by atoms with Gasteiger partial charge in [0.2, 0.25) is 11.8 Å². The van der Waals surface area contributed by atoms with Crippen molar-refractivity contribution in [3.05, 3.63) is 67.8 Å². The number of likely N-dealkylation sites (N-methyl/N-ethyl adjacent to an activating group) is 1. The number of carboxylic acid groups (broad SMARTS) is 1. The Hall–Kier alpha value is -2.87. The van der Waals surface area contributed by atoms with Crippen LogP contribution in [-0.4, -0.2) is 29.9 Å². The number of nitrogens with one attached hydrogen (secondary N) is 1. The molecule has 0 unspecified atom stereocenters. The van der Waals surface area contributed by atoms with Gasteiger partial charge in [0.15, 0.2) is 0 Å². The van der Waals surface area contributed by atoms with Crippen LogP contribution in [0.1, 0.15) is 26.5 Å². The van der Waals surface area contributed by atoms with Crippen LogP contribution in [0.4, 0.5) is 11.4 Å².